The maximum atomic E-state index is 10.6. The number of hydrogen-bond acceptors (Lipinski definition) is 3. The number of carboxylic acid groups (broad SMARTS) is 1. The van der Waals surface area contributed by atoms with E-state index in [2.05, 4.69) is 11.8 Å². The number of benzene rings is 1. The zero-order valence-electron chi connectivity index (χ0n) is 8.69. The van der Waals surface area contributed by atoms with Gasteiger partial charge in [-0.1, -0.05) is 12.0 Å². The van der Waals surface area contributed by atoms with Crippen molar-refractivity contribution in [3.8, 4) is 17.6 Å². The van der Waals surface area contributed by atoms with Crippen LogP contribution in [-0.2, 0) is 16.0 Å². The van der Waals surface area contributed by atoms with E-state index in [9.17, 15) is 9.59 Å². The summed E-state index contributed by atoms with van der Waals surface area (Å²) in [6.07, 6.45) is 0.330. The van der Waals surface area contributed by atoms with Gasteiger partial charge in [-0.25, -0.2) is 0 Å². The lowest BCUT2D eigenvalue weighted by Gasteiger charge is -2.04. The Kier molecular flexibility index (Phi) is 4.10. The first kappa shape index (κ1) is 11.8. The Labute approximate surface area is 92.9 Å². The van der Waals surface area contributed by atoms with Crippen LogP contribution in [0.4, 0.5) is 0 Å². The lowest BCUT2D eigenvalue weighted by molar-refractivity contribution is -0.136. The summed E-state index contributed by atoms with van der Waals surface area (Å²) in [4.78, 5) is 20.7. The topological polar surface area (TPSA) is 63.6 Å². The average molecular weight is 218 g/mol. The van der Waals surface area contributed by atoms with Crippen LogP contribution in [-0.4, -0.2) is 24.5 Å². The summed E-state index contributed by atoms with van der Waals surface area (Å²) < 4.78 is 4.99. The lowest BCUT2D eigenvalue weighted by Crippen LogP contribution is -2.02. The smallest absolute Gasteiger partial charge is 0.307 e. The molecule has 1 N–H and O–H groups in total. The van der Waals surface area contributed by atoms with Gasteiger partial charge in [0.05, 0.1) is 13.5 Å². The van der Waals surface area contributed by atoms with Gasteiger partial charge in [0.2, 0.25) is 0 Å². The molecule has 4 nitrogen and oxygen atoms in total. The van der Waals surface area contributed by atoms with Crippen LogP contribution in [0.15, 0.2) is 18.2 Å². The van der Waals surface area contributed by atoms with Crippen molar-refractivity contribution in [1.82, 2.24) is 0 Å². The molecule has 0 saturated heterocycles. The number of aliphatic carboxylic acids is 1. The predicted molar refractivity (Wildman–Crippen MR) is 57.3 cm³/mol. The molecular weight excluding hydrogens is 208 g/mol. The normalized spacial score (nSPS) is 8.81. The molecule has 0 aliphatic carbocycles. The molecule has 0 aliphatic rings. The van der Waals surface area contributed by atoms with Crippen LogP contribution < -0.4 is 4.74 Å². The van der Waals surface area contributed by atoms with Gasteiger partial charge in [-0.2, -0.15) is 0 Å². The Morgan fingerprint density at radius 2 is 2.31 bits per heavy atom. The summed E-state index contributed by atoms with van der Waals surface area (Å²) >= 11 is 0. The third-order valence-electron chi connectivity index (χ3n) is 1.92. The molecule has 4 heteroatoms. The molecule has 16 heavy (non-hydrogen) atoms. The van der Waals surface area contributed by atoms with Gasteiger partial charge in [0.25, 0.3) is 0 Å². The largest absolute Gasteiger partial charge is 0.497 e. The van der Waals surface area contributed by atoms with Crippen LogP contribution in [0.3, 0.4) is 0 Å². The highest BCUT2D eigenvalue weighted by atomic mass is 16.5. The van der Waals surface area contributed by atoms with Crippen molar-refractivity contribution in [1.29, 1.82) is 0 Å². The van der Waals surface area contributed by atoms with E-state index in [4.69, 9.17) is 9.84 Å². The Balaban J connectivity index is 3.15. The zero-order chi connectivity index (χ0) is 12.0. The fraction of sp³-hybridized carbons (Fsp3) is 0.167. The van der Waals surface area contributed by atoms with E-state index in [0.29, 0.717) is 23.2 Å². The number of methoxy groups -OCH3 is 1. The molecule has 1 aromatic carbocycles. The zero-order valence-corrected chi connectivity index (χ0v) is 8.69. The molecule has 1 aromatic rings. The summed E-state index contributed by atoms with van der Waals surface area (Å²) in [5.74, 6) is 4.46. The fourth-order valence-electron chi connectivity index (χ4n) is 1.22. The highest BCUT2D eigenvalue weighted by Crippen LogP contribution is 2.17. The van der Waals surface area contributed by atoms with Crippen LogP contribution in [0.2, 0.25) is 0 Å². The summed E-state index contributed by atoms with van der Waals surface area (Å²) in [5, 5.41) is 8.69. The Hall–Kier alpha value is -2.28. The molecule has 0 atom stereocenters. The molecule has 82 valence electrons. The van der Waals surface area contributed by atoms with Gasteiger partial charge in [0.15, 0.2) is 6.29 Å². The van der Waals surface area contributed by atoms with Crippen molar-refractivity contribution >= 4 is 12.3 Å². The van der Waals surface area contributed by atoms with Crippen LogP contribution >= 0.6 is 0 Å². The first-order valence-corrected chi connectivity index (χ1v) is 4.51. The van der Waals surface area contributed by atoms with Crippen molar-refractivity contribution in [2.75, 3.05) is 7.11 Å². The van der Waals surface area contributed by atoms with E-state index in [1.165, 1.54) is 7.11 Å². The van der Waals surface area contributed by atoms with Gasteiger partial charge >= 0.3 is 5.97 Å². The van der Waals surface area contributed by atoms with Gasteiger partial charge in [0, 0.05) is 5.56 Å². The molecule has 0 unspecified atom stereocenters. The second-order valence-corrected chi connectivity index (χ2v) is 2.98. The molecule has 0 amide bonds. The minimum atomic E-state index is -0.945. The molecule has 1 rings (SSSR count). The average Bonchev–Trinajstić information content (AvgIpc) is 2.27. The second kappa shape index (κ2) is 5.56. The van der Waals surface area contributed by atoms with Gasteiger partial charge in [-0.05, 0) is 23.6 Å². The summed E-state index contributed by atoms with van der Waals surface area (Å²) in [7, 11) is 1.50. The van der Waals surface area contributed by atoms with E-state index in [0.717, 1.165) is 0 Å². The van der Waals surface area contributed by atoms with Gasteiger partial charge in [-0.15, -0.1) is 0 Å². The first-order chi connectivity index (χ1) is 7.67. The molecule has 0 radical (unpaired) electrons. The molecule has 0 heterocycles. The van der Waals surface area contributed by atoms with Gasteiger partial charge < -0.3 is 9.84 Å². The van der Waals surface area contributed by atoms with E-state index in [1.807, 2.05) is 0 Å². The maximum Gasteiger partial charge on any atom is 0.307 e. The predicted octanol–water partition coefficient (Wildman–Crippen LogP) is 0.873. The third kappa shape index (κ3) is 3.14. The van der Waals surface area contributed by atoms with Crippen LogP contribution in [0.25, 0.3) is 0 Å². The van der Waals surface area contributed by atoms with Crippen LogP contribution in [0, 0.1) is 11.8 Å². The number of rotatable bonds is 3. The molecule has 0 saturated carbocycles. The number of hydrogen-bond donors (Lipinski definition) is 1. The number of carbonyl (C=O) groups is 2. The molecule has 0 aromatic heterocycles. The standard InChI is InChI=1S/C12H10O4/c1-16-11-5-4-10(8-12(14)15)9(7-11)3-2-6-13/h4-7H,8H2,1H3,(H,14,15). The van der Waals surface area contributed by atoms with Gasteiger partial charge in [0.1, 0.15) is 5.75 Å². The number of carbonyl (C=O) groups excluding carboxylic acids is 1. The van der Waals surface area contributed by atoms with Crippen molar-refractivity contribution in [3.63, 3.8) is 0 Å². The molecule has 0 spiro atoms. The van der Waals surface area contributed by atoms with Crippen LogP contribution in [0.5, 0.6) is 5.75 Å². The SMILES string of the molecule is COc1ccc(CC(=O)O)c(C#CC=O)c1. The number of ether oxygens (including phenoxy) is 1. The Morgan fingerprint density at radius 1 is 1.56 bits per heavy atom. The summed E-state index contributed by atoms with van der Waals surface area (Å²) in [6.45, 7) is 0. The van der Waals surface area contributed by atoms with Crippen molar-refractivity contribution in [2.45, 2.75) is 6.42 Å². The van der Waals surface area contributed by atoms with E-state index >= 15 is 0 Å². The number of aldehydes is 1. The minimum Gasteiger partial charge on any atom is -0.497 e. The Morgan fingerprint density at radius 3 is 2.88 bits per heavy atom. The summed E-state index contributed by atoms with van der Waals surface area (Å²) in [5.41, 5.74) is 1.05. The summed E-state index contributed by atoms with van der Waals surface area (Å²) in [6, 6.07) is 4.89. The van der Waals surface area contributed by atoms with Crippen molar-refractivity contribution < 1.29 is 19.4 Å². The first-order valence-electron chi connectivity index (χ1n) is 4.51. The second-order valence-electron chi connectivity index (χ2n) is 2.98. The minimum absolute atomic E-state index is 0.132. The highest BCUT2D eigenvalue weighted by Gasteiger charge is 2.06. The number of carboxylic acids is 1. The third-order valence-corrected chi connectivity index (χ3v) is 1.92. The fourth-order valence-corrected chi connectivity index (χ4v) is 1.22. The Bertz CT molecular complexity index is 466. The quantitative estimate of drug-likeness (QED) is 0.604. The van der Waals surface area contributed by atoms with Gasteiger partial charge in [-0.3, -0.25) is 9.59 Å². The molecular formula is C12H10O4. The van der Waals surface area contributed by atoms with E-state index < -0.39 is 5.97 Å². The lowest BCUT2D eigenvalue weighted by atomic mass is 10.0. The molecule has 0 fully saturated rings. The van der Waals surface area contributed by atoms with Crippen molar-refractivity contribution in [3.05, 3.63) is 29.3 Å². The van der Waals surface area contributed by atoms with Crippen molar-refractivity contribution in [2.24, 2.45) is 0 Å². The maximum absolute atomic E-state index is 10.6. The monoisotopic (exact) mass is 218 g/mol. The van der Waals surface area contributed by atoms with E-state index in [1.54, 1.807) is 18.2 Å². The van der Waals surface area contributed by atoms with Crippen LogP contribution in [0.1, 0.15) is 11.1 Å². The molecule has 0 aliphatic heterocycles. The highest BCUT2D eigenvalue weighted by molar-refractivity contribution is 5.76. The van der Waals surface area contributed by atoms with E-state index in [-0.39, 0.29) is 6.42 Å². The molecule has 0 bridgehead atoms.